The molecule has 4 nitrogen and oxygen atoms in total. The number of carbonyl (C=O) groups excluding carboxylic acids is 1. The molecule has 0 aliphatic heterocycles. The van der Waals surface area contributed by atoms with Crippen LogP contribution in [0.25, 0.3) is 0 Å². The number of benzene rings is 1. The molecule has 9 heteroatoms. The molecule has 0 unspecified atom stereocenters. The van der Waals surface area contributed by atoms with Crippen LogP contribution >= 0.6 is 11.6 Å². The third-order valence-corrected chi connectivity index (χ3v) is 2.13. The van der Waals surface area contributed by atoms with Crippen LogP contribution in [0.15, 0.2) is 17.2 Å². The molecular weight excluding hydrogens is 278 g/mol. The van der Waals surface area contributed by atoms with Gasteiger partial charge in [-0.15, -0.1) is 0 Å². The van der Waals surface area contributed by atoms with E-state index in [0.29, 0.717) is 6.07 Å². The van der Waals surface area contributed by atoms with Crippen LogP contribution in [-0.4, -0.2) is 12.2 Å². The summed E-state index contributed by atoms with van der Waals surface area (Å²) in [5, 5.41) is 2.18. The summed E-state index contributed by atoms with van der Waals surface area (Å²) in [7, 11) is 0. The quantitative estimate of drug-likeness (QED) is 0.489. The molecule has 0 saturated heterocycles. The number of hydrazone groups is 1. The number of hydrogen-bond acceptors (Lipinski definition) is 2. The Labute approximate surface area is 103 Å². The lowest BCUT2D eigenvalue weighted by atomic mass is 10.1. The Morgan fingerprint density at radius 3 is 2.56 bits per heavy atom. The van der Waals surface area contributed by atoms with Gasteiger partial charge in [0.2, 0.25) is 0 Å². The molecule has 0 spiro atoms. The number of primary amides is 1. The van der Waals surface area contributed by atoms with Crippen LogP contribution in [0.4, 0.5) is 22.4 Å². The summed E-state index contributed by atoms with van der Waals surface area (Å²) in [4.78, 5) is 10.3. The summed E-state index contributed by atoms with van der Waals surface area (Å²) in [5.74, 6) is -1.24. The van der Waals surface area contributed by atoms with E-state index in [1.807, 2.05) is 0 Å². The number of rotatable bonds is 2. The molecule has 3 N–H and O–H groups in total. The highest BCUT2D eigenvalue weighted by atomic mass is 35.5. The monoisotopic (exact) mass is 283 g/mol. The van der Waals surface area contributed by atoms with E-state index in [2.05, 4.69) is 10.8 Å². The number of nitrogens with one attached hydrogen (secondary N) is 1. The minimum atomic E-state index is -4.79. The maximum absolute atomic E-state index is 13.2. The largest absolute Gasteiger partial charge is 0.417 e. The summed E-state index contributed by atoms with van der Waals surface area (Å²) in [6.45, 7) is 0. The number of halogens is 5. The molecule has 1 aromatic rings. The van der Waals surface area contributed by atoms with Crippen LogP contribution in [0.1, 0.15) is 11.1 Å². The van der Waals surface area contributed by atoms with Crippen molar-refractivity contribution in [1.82, 2.24) is 5.43 Å². The van der Waals surface area contributed by atoms with Crippen molar-refractivity contribution < 1.29 is 22.4 Å². The van der Waals surface area contributed by atoms with Crippen molar-refractivity contribution in [3.8, 4) is 0 Å². The zero-order valence-corrected chi connectivity index (χ0v) is 9.31. The predicted octanol–water partition coefficient (Wildman–Crippen LogP) is 2.50. The Kier molecular flexibility index (Phi) is 4.12. The van der Waals surface area contributed by atoms with Crippen molar-refractivity contribution in [3.05, 3.63) is 34.1 Å². The second kappa shape index (κ2) is 5.21. The van der Waals surface area contributed by atoms with Gasteiger partial charge in [-0.2, -0.15) is 18.3 Å². The highest BCUT2D eigenvalue weighted by Gasteiger charge is 2.34. The first kappa shape index (κ1) is 14.2. The van der Waals surface area contributed by atoms with Crippen molar-refractivity contribution in [1.29, 1.82) is 0 Å². The first-order valence-corrected chi connectivity index (χ1v) is 4.74. The van der Waals surface area contributed by atoms with E-state index in [1.165, 1.54) is 0 Å². The molecule has 18 heavy (non-hydrogen) atoms. The minimum absolute atomic E-state index is 0.224. The van der Waals surface area contributed by atoms with Gasteiger partial charge in [-0.3, -0.25) is 0 Å². The molecule has 0 heterocycles. The molecule has 1 rings (SSSR count). The van der Waals surface area contributed by atoms with Crippen LogP contribution in [0.2, 0.25) is 5.02 Å². The molecular formula is C9H6ClF4N3O. The first-order chi connectivity index (χ1) is 8.21. The number of hydrogen-bond donors (Lipinski definition) is 2. The second-order valence-corrected chi connectivity index (χ2v) is 3.47. The van der Waals surface area contributed by atoms with Gasteiger partial charge in [0.1, 0.15) is 5.82 Å². The molecule has 0 aliphatic rings. The highest BCUT2D eigenvalue weighted by molar-refractivity contribution is 6.31. The standard InChI is InChI=1S/C9H6ClF4N3O/c10-7-5(9(12,13)14)1-4(2-6(7)11)3-16-17-8(15)18/h1-3H,(H3,15,17,18). The summed E-state index contributed by atoms with van der Waals surface area (Å²) in [6.07, 6.45) is -3.99. The highest BCUT2D eigenvalue weighted by Crippen LogP contribution is 2.36. The van der Waals surface area contributed by atoms with Crippen LogP contribution in [0.3, 0.4) is 0 Å². The summed E-state index contributed by atoms with van der Waals surface area (Å²) in [5.41, 5.74) is 4.88. The molecule has 0 radical (unpaired) electrons. The van der Waals surface area contributed by atoms with Gasteiger partial charge in [-0.1, -0.05) is 11.6 Å². The fraction of sp³-hybridized carbons (Fsp3) is 0.111. The maximum atomic E-state index is 13.2. The predicted molar refractivity (Wildman–Crippen MR) is 56.7 cm³/mol. The van der Waals surface area contributed by atoms with Gasteiger partial charge in [0.25, 0.3) is 0 Å². The average Bonchev–Trinajstić information content (AvgIpc) is 2.20. The molecule has 2 amide bonds. The lowest BCUT2D eigenvalue weighted by Gasteiger charge is -2.10. The van der Waals surface area contributed by atoms with Crippen LogP contribution in [-0.2, 0) is 6.18 Å². The van der Waals surface area contributed by atoms with Crippen molar-refractivity contribution in [3.63, 3.8) is 0 Å². The van der Waals surface area contributed by atoms with E-state index in [9.17, 15) is 22.4 Å². The molecule has 0 saturated carbocycles. The van der Waals surface area contributed by atoms with E-state index < -0.39 is 28.6 Å². The van der Waals surface area contributed by atoms with Gasteiger partial charge >= 0.3 is 12.2 Å². The number of urea groups is 1. The molecule has 0 aromatic heterocycles. The van der Waals surface area contributed by atoms with Crippen LogP contribution in [0.5, 0.6) is 0 Å². The van der Waals surface area contributed by atoms with E-state index in [4.69, 9.17) is 11.6 Å². The number of amides is 2. The lowest BCUT2D eigenvalue weighted by molar-refractivity contribution is -0.137. The molecule has 0 bridgehead atoms. The lowest BCUT2D eigenvalue weighted by Crippen LogP contribution is -2.24. The molecule has 0 atom stereocenters. The van der Waals surface area contributed by atoms with Crippen molar-refractivity contribution in [2.75, 3.05) is 0 Å². The smallest absolute Gasteiger partial charge is 0.350 e. The van der Waals surface area contributed by atoms with Gasteiger partial charge in [-0.25, -0.2) is 14.6 Å². The fourth-order valence-electron chi connectivity index (χ4n) is 1.06. The molecule has 0 fully saturated rings. The van der Waals surface area contributed by atoms with Gasteiger partial charge in [0, 0.05) is 0 Å². The third kappa shape index (κ3) is 3.59. The fourth-order valence-corrected chi connectivity index (χ4v) is 1.28. The summed E-state index contributed by atoms with van der Waals surface area (Å²) < 4.78 is 50.6. The molecule has 98 valence electrons. The van der Waals surface area contributed by atoms with Crippen molar-refractivity contribution in [2.24, 2.45) is 10.8 Å². The Bertz CT molecular complexity index is 501. The van der Waals surface area contributed by atoms with E-state index >= 15 is 0 Å². The molecule has 1 aromatic carbocycles. The Hall–Kier alpha value is -1.83. The van der Waals surface area contributed by atoms with E-state index in [-0.39, 0.29) is 5.56 Å². The number of nitrogens with two attached hydrogens (primary N) is 1. The van der Waals surface area contributed by atoms with E-state index in [0.717, 1.165) is 12.3 Å². The van der Waals surface area contributed by atoms with Crippen LogP contribution in [0, 0.1) is 5.82 Å². The molecule has 0 aliphatic carbocycles. The van der Waals surface area contributed by atoms with Crippen molar-refractivity contribution >= 4 is 23.8 Å². The number of carbonyl (C=O) groups is 1. The topological polar surface area (TPSA) is 67.5 Å². The van der Waals surface area contributed by atoms with Gasteiger partial charge in [0.15, 0.2) is 0 Å². The van der Waals surface area contributed by atoms with Gasteiger partial charge in [-0.05, 0) is 17.7 Å². The number of nitrogens with zero attached hydrogens (tertiary/aromatic N) is 1. The first-order valence-electron chi connectivity index (χ1n) is 4.36. The Morgan fingerprint density at radius 1 is 1.44 bits per heavy atom. The second-order valence-electron chi connectivity index (χ2n) is 3.10. The zero-order valence-electron chi connectivity index (χ0n) is 8.55. The number of alkyl halides is 3. The minimum Gasteiger partial charge on any atom is -0.350 e. The van der Waals surface area contributed by atoms with E-state index in [1.54, 1.807) is 5.43 Å². The Balaban J connectivity index is 3.13. The third-order valence-electron chi connectivity index (χ3n) is 1.74. The summed E-state index contributed by atoms with van der Waals surface area (Å²) in [6, 6.07) is 0.332. The van der Waals surface area contributed by atoms with Gasteiger partial charge < -0.3 is 5.73 Å². The zero-order chi connectivity index (χ0) is 13.9. The normalized spacial score (nSPS) is 11.8. The maximum Gasteiger partial charge on any atom is 0.417 e. The SMILES string of the molecule is NC(=O)NN=Cc1cc(F)c(Cl)c(C(F)(F)F)c1. The average molecular weight is 284 g/mol. The Morgan fingerprint density at radius 2 is 2.06 bits per heavy atom. The summed E-state index contributed by atoms with van der Waals surface area (Å²) >= 11 is 5.21. The van der Waals surface area contributed by atoms with Crippen LogP contribution < -0.4 is 11.2 Å². The van der Waals surface area contributed by atoms with Gasteiger partial charge in [0.05, 0.1) is 16.8 Å². The van der Waals surface area contributed by atoms with Crippen molar-refractivity contribution in [2.45, 2.75) is 6.18 Å².